The number of carbonyl (C=O) groups excluding carboxylic acids is 2. The van der Waals surface area contributed by atoms with Crippen molar-refractivity contribution < 1.29 is 38.2 Å². The number of hydrogen-bond acceptors (Lipinski definition) is 9. The Kier molecular flexibility index (Phi) is 6.94. The second-order valence-corrected chi connectivity index (χ2v) is 7.78. The zero-order valence-corrected chi connectivity index (χ0v) is 17.8. The van der Waals surface area contributed by atoms with Gasteiger partial charge in [-0.3, -0.25) is 9.69 Å². The van der Waals surface area contributed by atoms with Gasteiger partial charge in [0, 0.05) is 32.2 Å². The van der Waals surface area contributed by atoms with Gasteiger partial charge in [-0.2, -0.15) is 0 Å². The number of rotatable bonds is 8. The highest BCUT2D eigenvalue weighted by atomic mass is 19.1. The van der Waals surface area contributed by atoms with Gasteiger partial charge in [0.05, 0.1) is 37.1 Å². The fourth-order valence-electron chi connectivity index (χ4n) is 3.83. The van der Waals surface area contributed by atoms with E-state index in [-0.39, 0.29) is 24.9 Å². The van der Waals surface area contributed by atoms with Crippen molar-refractivity contribution in [3.63, 3.8) is 0 Å². The Bertz CT molecular complexity index is 962. The van der Waals surface area contributed by atoms with Gasteiger partial charge < -0.3 is 34.0 Å². The van der Waals surface area contributed by atoms with Crippen LogP contribution in [-0.2, 0) is 9.53 Å². The number of carbonyl (C=O) groups is 2. The molecule has 3 heterocycles. The average Bonchev–Trinajstić information content (AvgIpc) is 3.48. The van der Waals surface area contributed by atoms with Crippen molar-refractivity contribution in [1.29, 1.82) is 0 Å². The van der Waals surface area contributed by atoms with Crippen molar-refractivity contribution >= 4 is 23.4 Å². The van der Waals surface area contributed by atoms with Crippen LogP contribution in [0.5, 0.6) is 5.88 Å². The number of hydrogen-bond donors (Lipinski definition) is 2. The van der Waals surface area contributed by atoms with Crippen LogP contribution in [0.15, 0.2) is 35.1 Å². The van der Waals surface area contributed by atoms with E-state index in [4.69, 9.17) is 9.47 Å². The molecule has 2 N–H and O–H groups in total. The number of aromatic nitrogens is 1. The monoisotopic (exact) mass is 464 g/mol. The van der Waals surface area contributed by atoms with Crippen molar-refractivity contribution in [3.05, 3.63) is 36.3 Å². The zero-order chi connectivity index (χ0) is 23.4. The van der Waals surface area contributed by atoms with Crippen molar-refractivity contribution in [3.8, 4) is 5.88 Å². The number of aliphatic hydroxyl groups excluding tert-OH is 2. The summed E-state index contributed by atoms with van der Waals surface area (Å²) in [7, 11) is 0. The number of anilines is 2. The Morgan fingerprint density at radius 3 is 2.61 bits per heavy atom. The normalized spacial score (nSPS) is 18.7. The fraction of sp³-hybridized carbons (Fsp3) is 0.476. The van der Waals surface area contributed by atoms with Gasteiger partial charge in [0.25, 0.3) is 5.88 Å². The predicted molar refractivity (Wildman–Crippen MR) is 112 cm³/mol. The molecule has 1 aromatic carbocycles. The summed E-state index contributed by atoms with van der Waals surface area (Å²) in [6.45, 7) is 0.955. The number of ether oxygens (including phenoxy) is 2. The molecule has 12 heteroatoms. The Morgan fingerprint density at radius 1 is 1.21 bits per heavy atom. The molecule has 2 amide bonds. The van der Waals surface area contributed by atoms with Crippen molar-refractivity contribution in [2.24, 2.45) is 5.92 Å². The third kappa shape index (κ3) is 5.01. The van der Waals surface area contributed by atoms with E-state index >= 15 is 0 Å². The average molecular weight is 464 g/mol. The quantitative estimate of drug-likeness (QED) is 0.573. The molecule has 0 aliphatic carbocycles. The maximum Gasteiger partial charge on any atom is 0.414 e. The molecule has 11 nitrogen and oxygen atoms in total. The van der Waals surface area contributed by atoms with Gasteiger partial charge in [-0.25, -0.2) is 9.18 Å². The summed E-state index contributed by atoms with van der Waals surface area (Å²) >= 11 is 0. The topological polar surface area (TPSA) is 129 Å². The molecular weight excluding hydrogens is 439 g/mol. The van der Waals surface area contributed by atoms with E-state index in [2.05, 4.69) is 9.68 Å². The highest BCUT2D eigenvalue weighted by Crippen LogP contribution is 2.29. The lowest BCUT2D eigenvalue weighted by atomic mass is 10.1. The molecule has 1 atom stereocenters. The summed E-state index contributed by atoms with van der Waals surface area (Å²) in [4.78, 5) is 29.2. The molecule has 2 saturated heterocycles. The van der Waals surface area contributed by atoms with Gasteiger partial charge in [-0.15, -0.1) is 0 Å². The maximum absolute atomic E-state index is 14.9. The van der Waals surface area contributed by atoms with E-state index in [1.807, 2.05) is 4.90 Å². The summed E-state index contributed by atoms with van der Waals surface area (Å²) in [6.07, 6.45) is 0.236. The van der Waals surface area contributed by atoms with Gasteiger partial charge in [0.15, 0.2) is 6.10 Å². The van der Waals surface area contributed by atoms with Gasteiger partial charge in [-0.1, -0.05) is 0 Å². The Balaban J connectivity index is 1.34. The van der Waals surface area contributed by atoms with Crippen LogP contribution in [0, 0.1) is 11.7 Å². The first kappa shape index (κ1) is 22.8. The van der Waals surface area contributed by atoms with Crippen molar-refractivity contribution in [2.45, 2.75) is 6.10 Å². The Labute approximate surface area is 188 Å². The standard InChI is InChI=1S/C21H25FN4O7/c22-17-9-15(26-10-16(33-21(26)30)13-31-19-3-8-32-23-19)1-2-18(17)24-4-6-25(7-5-24)20(29)14(11-27)12-28/h1-3,8-9,14,16,27-28H,4-7,10-13H2. The molecule has 1 unspecified atom stereocenters. The largest absolute Gasteiger partial charge is 0.471 e. The van der Waals surface area contributed by atoms with E-state index in [1.165, 1.54) is 23.3 Å². The lowest BCUT2D eigenvalue weighted by molar-refractivity contribution is -0.138. The van der Waals surface area contributed by atoms with Crippen LogP contribution >= 0.6 is 0 Å². The molecule has 0 radical (unpaired) electrons. The molecule has 0 spiro atoms. The van der Waals surface area contributed by atoms with Crippen LogP contribution in [0.3, 0.4) is 0 Å². The SMILES string of the molecule is O=C(C(CO)CO)N1CCN(c2ccc(N3CC(COc4ccon4)OC3=O)cc2F)CC1. The minimum atomic E-state index is -0.835. The summed E-state index contributed by atoms with van der Waals surface area (Å²) < 4.78 is 30.3. The minimum Gasteiger partial charge on any atom is -0.471 e. The van der Waals surface area contributed by atoms with E-state index < -0.39 is 37.1 Å². The van der Waals surface area contributed by atoms with Crippen LogP contribution in [0.25, 0.3) is 0 Å². The molecule has 4 rings (SSSR count). The maximum atomic E-state index is 14.9. The van der Waals surface area contributed by atoms with Gasteiger partial charge in [-0.05, 0) is 23.4 Å². The smallest absolute Gasteiger partial charge is 0.414 e. The van der Waals surface area contributed by atoms with Crippen LogP contribution in [0.2, 0.25) is 0 Å². The van der Waals surface area contributed by atoms with Crippen molar-refractivity contribution in [2.75, 3.05) is 62.3 Å². The zero-order valence-electron chi connectivity index (χ0n) is 17.8. The Morgan fingerprint density at radius 2 is 1.97 bits per heavy atom. The summed E-state index contributed by atoms with van der Waals surface area (Å²) in [5.74, 6) is -1.36. The number of cyclic esters (lactones) is 1. The van der Waals surface area contributed by atoms with Gasteiger partial charge in [0.1, 0.15) is 18.7 Å². The third-order valence-corrected chi connectivity index (χ3v) is 5.67. The summed E-state index contributed by atoms with van der Waals surface area (Å²) in [5.41, 5.74) is 0.734. The number of nitrogens with zero attached hydrogens (tertiary/aromatic N) is 4. The van der Waals surface area contributed by atoms with Crippen LogP contribution in [0.1, 0.15) is 0 Å². The van der Waals surface area contributed by atoms with E-state index in [1.54, 1.807) is 17.0 Å². The Hall–Kier alpha value is -3.38. The molecule has 0 bridgehead atoms. The second-order valence-electron chi connectivity index (χ2n) is 7.78. The second kappa shape index (κ2) is 10.0. The first-order valence-corrected chi connectivity index (χ1v) is 10.6. The van der Waals surface area contributed by atoms with Crippen LogP contribution < -0.4 is 14.5 Å². The van der Waals surface area contributed by atoms with Crippen LogP contribution in [-0.4, -0.2) is 90.9 Å². The summed E-state index contributed by atoms with van der Waals surface area (Å²) in [5, 5.41) is 22.0. The molecule has 178 valence electrons. The van der Waals surface area contributed by atoms with E-state index in [0.29, 0.717) is 37.6 Å². The van der Waals surface area contributed by atoms with Crippen LogP contribution in [0.4, 0.5) is 20.6 Å². The molecule has 0 saturated carbocycles. The predicted octanol–water partition coefficient (Wildman–Crippen LogP) is 0.467. The molecule has 33 heavy (non-hydrogen) atoms. The molecule has 1 aromatic heterocycles. The molecule has 2 aromatic rings. The van der Waals surface area contributed by atoms with Crippen molar-refractivity contribution in [1.82, 2.24) is 10.1 Å². The number of piperazine rings is 1. The number of amides is 2. The first-order chi connectivity index (χ1) is 16.0. The van der Waals surface area contributed by atoms with Gasteiger partial charge >= 0.3 is 6.09 Å². The highest BCUT2D eigenvalue weighted by molar-refractivity contribution is 5.90. The number of aliphatic hydroxyl groups is 2. The molecule has 2 aliphatic rings. The molecule has 2 aliphatic heterocycles. The molecule has 2 fully saturated rings. The first-order valence-electron chi connectivity index (χ1n) is 10.6. The van der Waals surface area contributed by atoms with Gasteiger partial charge in [0.2, 0.25) is 5.91 Å². The van der Waals surface area contributed by atoms with E-state index in [0.717, 1.165) is 0 Å². The summed E-state index contributed by atoms with van der Waals surface area (Å²) in [6, 6.07) is 6.06. The lowest BCUT2D eigenvalue weighted by Crippen LogP contribution is -2.51. The highest BCUT2D eigenvalue weighted by Gasteiger charge is 2.34. The number of benzene rings is 1. The molecular formula is C21H25FN4O7. The third-order valence-electron chi connectivity index (χ3n) is 5.67. The lowest BCUT2D eigenvalue weighted by Gasteiger charge is -2.37. The number of halogens is 1. The fourth-order valence-corrected chi connectivity index (χ4v) is 3.83. The van der Waals surface area contributed by atoms with E-state index in [9.17, 15) is 24.2 Å². The minimum absolute atomic E-state index is 0.0890.